The molecule has 1 aromatic rings. The number of aromatic nitrogens is 1. The van der Waals surface area contributed by atoms with Gasteiger partial charge in [-0.2, -0.15) is 4.31 Å². The lowest BCUT2D eigenvalue weighted by atomic mass is 10.1. The van der Waals surface area contributed by atoms with Crippen molar-refractivity contribution in [3.05, 3.63) is 29.6 Å². The maximum Gasteiger partial charge on any atom is 0.217 e. The van der Waals surface area contributed by atoms with Gasteiger partial charge in [-0.3, -0.25) is 9.88 Å². The van der Waals surface area contributed by atoms with Crippen LogP contribution in [-0.2, 0) is 21.3 Å². The summed E-state index contributed by atoms with van der Waals surface area (Å²) in [6.45, 7) is 5.28. The Labute approximate surface area is 137 Å². The number of ether oxygens (including phenoxy) is 1. The zero-order valence-electron chi connectivity index (χ0n) is 13.4. The molecule has 0 bridgehead atoms. The van der Waals surface area contributed by atoms with Gasteiger partial charge in [0.1, 0.15) is 0 Å². The molecule has 1 aliphatic carbocycles. The van der Waals surface area contributed by atoms with E-state index in [0.717, 1.165) is 37.3 Å². The molecule has 2 saturated heterocycles. The fourth-order valence-electron chi connectivity index (χ4n) is 3.60. The van der Waals surface area contributed by atoms with Crippen molar-refractivity contribution in [1.82, 2.24) is 14.2 Å². The minimum Gasteiger partial charge on any atom is -0.374 e. The van der Waals surface area contributed by atoms with Crippen molar-refractivity contribution in [3.63, 3.8) is 0 Å². The van der Waals surface area contributed by atoms with Gasteiger partial charge < -0.3 is 4.74 Å². The van der Waals surface area contributed by atoms with Crippen LogP contribution in [0, 0.1) is 6.92 Å². The van der Waals surface area contributed by atoms with E-state index in [2.05, 4.69) is 9.88 Å². The van der Waals surface area contributed by atoms with Gasteiger partial charge >= 0.3 is 0 Å². The van der Waals surface area contributed by atoms with E-state index < -0.39 is 10.0 Å². The maximum atomic E-state index is 12.5. The highest BCUT2D eigenvalue weighted by Crippen LogP contribution is 2.34. The largest absolute Gasteiger partial charge is 0.374 e. The number of fused-ring (bicyclic) bond motifs is 1. The zero-order valence-corrected chi connectivity index (χ0v) is 14.2. The normalized spacial score (nSPS) is 29.6. The first kappa shape index (κ1) is 15.5. The second kappa shape index (κ2) is 5.81. The molecule has 3 heterocycles. The third kappa shape index (κ3) is 3.03. The Morgan fingerprint density at radius 1 is 1.30 bits per heavy atom. The van der Waals surface area contributed by atoms with Crippen molar-refractivity contribution in [3.8, 4) is 0 Å². The molecule has 0 unspecified atom stereocenters. The predicted octanol–water partition coefficient (Wildman–Crippen LogP) is 0.767. The fraction of sp³-hybridized carbons (Fsp3) is 0.688. The number of sulfonamides is 1. The summed E-state index contributed by atoms with van der Waals surface area (Å²) in [5, 5.41) is -0.144. The van der Waals surface area contributed by atoms with Crippen LogP contribution in [0.3, 0.4) is 0 Å². The lowest BCUT2D eigenvalue weighted by Crippen LogP contribution is -2.50. The summed E-state index contributed by atoms with van der Waals surface area (Å²) in [4.78, 5) is 6.90. The standard InChI is InChI=1S/C16H23N3O3S/c1-12-3-2-4-13(17-12)9-18-7-8-22-16-11-19(10-15(16)18)23(20,21)14-5-6-14/h2-4,14-16H,5-11H2,1H3/t15-,16+/m1/s1. The highest BCUT2D eigenvalue weighted by Gasteiger charge is 2.48. The zero-order chi connectivity index (χ0) is 16.0. The monoisotopic (exact) mass is 337 g/mol. The first-order valence-corrected chi connectivity index (χ1v) is 9.81. The molecule has 126 valence electrons. The fourth-order valence-corrected chi connectivity index (χ4v) is 5.47. The van der Waals surface area contributed by atoms with Crippen molar-refractivity contribution in [2.45, 2.75) is 43.7 Å². The molecule has 6 nitrogen and oxygen atoms in total. The van der Waals surface area contributed by atoms with Gasteiger partial charge in [0, 0.05) is 31.9 Å². The van der Waals surface area contributed by atoms with E-state index in [1.165, 1.54) is 0 Å². The third-order valence-corrected chi connectivity index (χ3v) is 7.33. The number of aryl methyl sites for hydroxylation is 1. The molecule has 0 N–H and O–H groups in total. The first-order chi connectivity index (χ1) is 11.0. The van der Waals surface area contributed by atoms with E-state index >= 15 is 0 Å². The number of rotatable bonds is 4. The van der Waals surface area contributed by atoms with Crippen LogP contribution in [0.25, 0.3) is 0 Å². The quantitative estimate of drug-likeness (QED) is 0.812. The average Bonchev–Trinajstić information content (AvgIpc) is 3.27. The minimum absolute atomic E-state index is 0.0120. The molecule has 1 aromatic heterocycles. The molecule has 0 aromatic carbocycles. The molecule has 1 saturated carbocycles. The van der Waals surface area contributed by atoms with Crippen LogP contribution in [0.15, 0.2) is 18.2 Å². The van der Waals surface area contributed by atoms with E-state index in [1.54, 1.807) is 4.31 Å². The molecule has 3 aliphatic rings. The lowest BCUT2D eigenvalue weighted by molar-refractivity contribution is -0.0506. The average molecular weight is 337 g/mol. The molecule has 23 heavy (non-hydrogen) atoms. The maximum absolute atomic E-state index is 12.5. The van der Waals surface area contributed by atoms with Crippen LogP contribution in [0.4, 0.5) is 0 Å². The second-order valence-corrected chi connectivity index (χ2v) is 8.99. The molecule has 7 heteroatoms. The second-order valence-electron chi connectivity index (χ2n) is 6.78. The van der Waals surface area contributed by atoms with Crippen LogP contribution in [0.2, 0.25) is 0 Å². The Morgan fingerprint density at radius 3 is 2.87 bits per heavy atom. The van der Waals surface area contributed by atoms with Gasteiger partial charge in [-0.15, -0.1) is 0 Å². The van der Waals surface area contributed by atoms with E-state index in [0.29, 0.717) is 19.7 Å². The van der Waals surface area contributed by atoms with Gasteiger partial charge in [0.2, 0.25) is 10.0 Å². The van der Waals surface area contributed by atoms with Crippen molar-refractivity contribution in [2.75, 3.05) is 26.2 Å². The Balaban J connectivity index is 1.49. The van der Waals surface area contributed by atoms with Gasteiger partial charge in [-0.1, -0.05) is 6.07 Å². The van der Waals surface area contributed by atoms with Crippen LogP contribution < -0.4 is 0 Å². The number of hydrogen-bond donors (Lipinski definition) is 0. The van der Waals surface area contributed by atoms with Crippen molar-refractivity contribution >= 4 is 10.0 Å². The lowest BCUT2D eigenvalue weighted by Gasteiger charge is -2.36. The van der Waals surface area contributed by atoms with Gasteiger partial charge in [0.15, 0.2) is 0 Å². The summed E-state index contributed by atoms with van der Waals surface area (Å²) < 4.78 is 32.5. The summed E-state index contributed by atoms with van der Waals surface area (Å²) in [5.74, 6) is 0. The van der Waals surface area contributed by atoms with Crippen LogP contribution >= 0.6 is 0 Å². The van der Waals surface area contributed by atoms with Crippen LogP contribution in [-0.4, -0.2) is 66.2 Å². The molecule has 0 spiro atoms. The Kier molecular flexibility index (Phi) is 3.91. The molecule has 2 atom stereocenters. The van der Waals surface area contributed by atoms with Gasteiger partial charge in [-0.05, 0) is 31.9 Å². The minimum atomic E-state index is -3.12. The van der Waals surface area contributed by atoms with Crippen molar-refractivity contribution in [2.24, 2.45) is 0 Å². The summed E-state index contributed by atoms with van der Waals surface area (Å²) in [6, 6.07) is 6.18. The van der Waals surface area contributed by atoms with Crippen molar-refractivity contribution in [1.29, 1.82) is 0 Å². The van der Waals surface area contributed by atoms with E-state index in [-0.39, 0.29) is 17.4 Å². The topological polar surface area (TPSA) is 62.7 Å². The van der Waals surface area contributed by atoms with E-state index in [9.17, 15) is 8.42 Å². The Bertz CT molecular complexity index is 690. The van der Waals surface area contributed by atoms with Gasteiger partial charge in [0.05, 0.1) is 29.7 Å². The summed E-state index contributed by atoms with van der Waals surface area (Å²) >= 11 is 0. The number of nitrogens with zero attached hydrogens (tertiary/aromatic N) is 3. The van der Waals surface area contributed by atoms with Crippen LogP contribution in [0.1, 0.15) is 24.2 Å². The summed E-state index contributed by atoms with van der Waals surface area (Å²) in [5.41, 5.74) is 2.05. The van der Waals surface area contributed by atoms with Crippen molar-refractivity contribution < 1.29 is 13.2 Å². The van der Waals surface area contributed by atoms with Gasteiger partial charge in [0.25, 0.3) is 0 Å². The molecule has 0 amide bonds. The third-order valence-electron chi connectivity index (χ3n) is 5.00. The molecule has 2 aliphatic heterocycles. The molecular weight excluding hydrogens is 314 g/mol. The van der Waals surface area contributed by atoms with E-state index in [4.69, 9.17) is 4.74 Å². The number of hydrogen-bond acceptors (Lipinski definition) is 5. The highest BCUT2D eigenvalue weighted by molar-refractivity contribution is 7.90. The predicted molar refractivity (Wildman–Crippen MR) is 86.4 cm³/mol. The molecule has 0 radical (unpaired) electrons. The van der Waals surface area contributed by atoms with Crippen LogP contribution in [0.5, 0.6) is 0 Å². The Morgan fingerprint density at radius 2 is 2.13 bits per heavy atom. The highest BCUT2D eigenvalue weighted by atomic mass is 32.2. The summed E-state index contributed by atoms with van der Waals surface area (Å²) in [7, 11) is -3.12. The number of morpholine rings is 1. The van der Waals surface area contributed by atoms with Gasteiger partial charge in [-0.25, -0.2) is 8.42 Å². The van der Waals surface area contributed by atoms with E-state index in [1.807, 2.05) is 25.1 Å². The molecule has 4 rings (SSSR count). The SMILES string of the molecule is Cc1cccc(CN2CCO[C@H]3CN(S(=O)(=O)C4CC4)C[C@H]32)n1. The Hall–Kier alpha value is -1.02. The first-order valence-electron chi connectivity index (χ1n) is 8.31. The summed E-state index contributed by atoms with van der Waals surface area (Å²) in [6.07, 6.45) is 1.61. The molecule has 3 fully saturated rings. The smallest absolute Gasteiger partial charge is 0.217 e. The number of pyridine rings is 1. The molecular formula is C16H23N3O3S.